The van der Waals surface area contributed by atoms with Crippen molar-refractivity contribution in [2.24, 2.45) is 0 Å². The number of hydrogen-bond acceptors (Lipinski definition) is 6. The van der Waals surface area contributed by atoms with Gasteiger partial charge in [0.25, 0.3) is 5.91 Å². The number of methoxy groups -OCH3 is 2. The fourth-order valence-electron chi connectivity index (χ4n) is 4.02. The molecule has 0 aliphatic carbocycles. The molecule has 3 N–H and O–H groups in total. The van der Waals surface area contributed by atoms with Gasteiger partial charge < -0.3 is 20.5 Å². The Morgan fingerprint density at radius 3 is 2.41 bits per heavy atom. The number of ether oxygens (including phenoxy) is 2. The number of aryl methyl sites for hydroxylation is 1. The van der Waals surface area contributed by atoms with Gasteiger partial charge in [-0.25, -0.2) is 9.97 Å². The molecule has 0 aliphatic rings. The van der Waals surface area contributed by atoms with E-state index in [1.165, 1.54) is 0 Å². The Bertz CT molecular complexity index is 1560. The number of nitrogens with two attached hydrogens (primary N) is 1. The SMILES string of the molecule is COc1ccc(-n2c(N)c(C(=O)Nc3cccc(C)c3)c3nc4ccccc4nc32)c(OC)c1. The lowest BCUT2D eigenvalue weighted by Crippen LogP contribution is -2.14. The third-order valence-electron chi connectivity index (χ3n) is 5.63. The first kappa shape index (κ1) is 21.3. The Morgan fingerprint density at radius 1 is 0.941 bits per heavy atom. The summed E-state index contributed by atoms with van der Waals surface area (Å²) in [6, 6.07) is 20.4. The summed E-state index contributed by atoms with van der Waals surface area (Å²) in [5.41, 5.74) is 11.4. The molecule has 5 rings (SSSR count). The number of nitrogen functional groups attached to an aromatic ring is 1. The molecule has 1 amide bonds. The highest BCUT2D eigenvalue weighted by Crippen LogP contribution is 2.36. The summed E-state index contributed by atoms with van der Waals surface area (Å²) in [6.07, 6.45) is 0. The zero-order chi connectivity index (χ0) is 23.8. The number of fused-ring (bicyclic) bond motifs is 2. The van der Waals surface area contributed by atoms with Gasteiger partial charge >= 0.3 is 0 Å². The van der Waals surface area contributed by atoms with Crippen LogP contribution >= 0.6 is 0 Å². The summed E-state index contributed by atoms with van der Waals surface area (Å²) in [6.45, 7) is 1.96. The standard InChI is InChI=1S/C26H23N5O3/c1-15-7-6-8-16(13-15)28-26(32)22-23-25(30-19-10-5-4-9-18(19)29-23)31(24(22)27)20-12-11-17(33-2)14-21(20)34-3/h4-14H,27H2,1-3H3,(H,28,32). The molecule has 0 fully saturated rings. The number of nitrogens with one attached hydrogen (secondary N) is 1. The lowest BCUT2D eigenvalue weighted by atomic mass is 10.2. The van der Waals surface area contributed by atoms with E-state index in [9.17, 15) is 4.79 Å². The summed E-state index contributed by atoms with van der Waals surface area (Å²) in [5, 5.41) is 2.94. The monoisotopic (exact) mass is 453 g/mol. The Hall–Kier alpha value is -4.59. The van der Waals surface area contributed by atoms with Crippen molar-refractivity contribution in [2.75, 3.05) is 25.3 Å². The second-order valence-electron chi connectivity index (χ2n) is 7.84. The van der Waals surface area contributed by atoms with Gasteiger partial charge in [-0.05, 0) is 48.9 Å². The van der Waals surface area contributed by atoms with E-state index in [2.05, 4.69) is 5.32 Å². The van der Waals surface area contributed by atoms with Crippen LogP contribution in [0.2, 0.25) is 0 Å². The molecule has 170 valence electrons. The van der Waals surface area contributed by atoms with Crippen LogP contribution in [0.3, 0.4) is 0 Å². The number of aromatic nitrogens is 3. The molecular formula is C26H23N5O3. The zero-order valence-corrected chi connectivity index (χ0v) is 19.0. The van der Waals surface area contributed by atoms with E-state index in [4.69, 9.17) is 25.2 Å². The minimum absolute atomic E-state index is 0.207. The number of rotatable bonds is 5. The largest absolute Gasteiger partial charge is 0.497 e. The first-order valence-corrected chi connectivity index (χ1v) is 10.7. The average molecular weight is 454 g/mol. The molecule has 2 aromatic heterocycles. The molecule has 8 nitrogen and oxygen atoms in total. The Morgan fingerprint density at radius 2 is 1.71 bits per heavy atom. The Labute approximate surface area is 196 Å². The van der Waals surface area contributed by atoms with Crippen molar-refractivity contribution in [2.45, 2.75) is 6.92 Å². The van der Waals surface area contributed by atoms with Gasteiger partial charge in [0.2, 0.25) is 0 Å². The van der Waals surface area contributed by atoms with Crippen LogP contribution in [0.25, 0.3) is 27.9 Å². The molecular weight excluding hydrogens is 430 g/mol. The lowest BCUT2D eigenvalue weighted by molar-refractivity contribution is 0.102. The molecule has 0 bridgehead atoms. The van der Waals surface area contributed by atoms with Crippen molar-refractivity contribution < 1.29 is 14.3 Å². The van der Waals surface area contributed by atoms with Crippen molar-refractivity contribution in [3.8, 4) is 17.2 Å². The predicted molar refractivity (Wildman–Crippen MR) is 133 cm³/mol. The highest BCUT2D eigenvalue weighted by atomic mass is 16.5. The minimum Gasteiger partial charge on any atom is -0.497 e. The first-order chi connectivity index (χ1) is 16.5. The van der Waals surface area contributed by atoms with Crippen molar-refractivity contribution in [3.05, 3.63) is 77.9 Å². The third-order valence-corrected chi connectivity index (χ3v) is 5.63. The van der Waals surface area contributed by atoms with Gasteiger partial charge in [-0.1, -0.05) is 24.3 Å². The lowest BCUT2D eigenvalue weighted by Gasteiger charge is -2.14. The number of amides is 1. The molecule has 2 heterocycles. The zero-order valence-electron chi connectivity index (χ0n) is 19.0. The summed E-state index contributed by atoms with van der Waals surface area (Å²) < 4.78 is 12.6. The number of nitrogens with zero attached hydrogens (tertiary/aromatic N) is 3. The molecule has 0 saturated heterocycles. The molecule has 0 spiro atoms. The molecule has 0 atom stereocenters. The van der Waals surface area contributed by atoms with Crippen molar-refractivity contribution in [1.82, 2.24) is 14.5 Å². The molecule has 8 heteroatoms. The summed E-state index contributed by atoms with van der Waals surface area (Å²) in [5.74, 6) is 0.982. The van der Waals surface area contributed by atoms with Gasteiger partial charge in [0.05, 0.1) is 30.9 Å². The predicted octanol–water partition coefficient (Wildman–Crippen LogP) is 4.73. The van der Waals surface area contributed by atoms with E-state index < -0.39 is 0 Å². The molecule has 0 saturated carbocycles. The van der Waals surface area contributed by atoms with Crippen LogP contribution in [0.1, 0.15) is 15.9 Å². The fourth-order valence-corrected chi connectivity index (χ4v) is 4.02. The number of benzene rings is 3. The van der Waals surface area contributed by atoms with Gasteiger partial charge in [-0.2, -0.15) is 0 Å². The Kier molecular flexibility index (Phi) is 5.25. The van der Waals surface area contributed by atoms with E-state index >= 15 is 0 Å². The molecule has 0 unspecified atom stereocenters. The smallest absolute Gasteiger partial charge is 0.261 e. The van der Waals surface area contributed by atoms with Crippen LogP contribution in [-0.2, 0) is 0 Å². The van der Waals surface area contributed by atoms with Crippen molar-refractivity contribution in [3.63, 3.8) is 0 Å². The second-order valence-corrected chi connectivity index (χ2v) is 7.84. The number of carbonyl (C=O) groups is 1. The number of anilines is 2. The van der Waals surface area contributed by atoms with Crippen LogP contribution in [0.5, 0.6) is 11.5 Å². The van der Waals surface area contributed by atoms with Gasteiger partial charge in [-0.15, -0.1) is 0 Å². The number of hydrogen-bond donors (Lipinski definition) is 2. The average Bonchev–Trinajstić information content (AvgIpc) is 3.12. The molecule has 34 heavy (non-hydrogen) atoms. The normalized spacial score (nSPS) is 11.0. The van der Waals surface area contributed by atoms with Crippen LogP contribution in [0.15, 0.2) is 66.7 Å². The highest BCUT2D eigenvalue weighted by molar-refractivity contribution is 6.16. The van der Waals surface area contributed by atoms with E-state index in [1.807, 2.05) is 61.5 Å². The molecule has 0 aliphatic heterocycles. The van der Waals surface area contributed by atoms with E-state index in [0.29, 0.717) is 45.1 Å². The summed E-state index contributed by atoms with van der Waals surface area (Å²) in [7, 11) is 3.14. The maximum Gasteiger partial charge on any atom is 0.261 e. The maximum absolute atomic E-state index is 13.5. The molecule has 5 aromatic rings. The summed E-state index contributed by atoms with van der Waals surface area (Å²) >= 11 is 0. The van der Waals surface area contributed by atoms with E-state index in [0.717, 1.165) is 5.56 Å². The third kappa shape index (κ3) is 3.55. The van der Waals surface area contributed by atoms with Gasteiger partial charge in [-0.3, -0.25) is 9.36 Å². The van der Waals surface area contributed by atoms with Gasteiger partial charge in [0.1, 0.15) is 28.4 Å². The highest BCUT2D eigenvalue weighted by Gasteiger charge is 2.26. The fraction of sp³-hybridized carbons (Fsp3) is 0.115. The number of carbonyl (C=O) groups excluding carboxylic acids is 1. The van der Waals surface area contributed by atoms with Crippen LogP contribution < -0.4 is 20.5 Å². The molecule has 3 aromatic carbocycles. The second kappa shape index (κ2) is 8.40. The van der Waals surface area contributed by atoms with Crippen LogP contribution in [-0.4, -0.2) is 34.7 Å². The van der Waals surface area contributed by atoms with Crippen LogP contribution in [0.4, 0.5) is 11.5 Å². The van der Waals surface area contributed by atoms with Crippen LogP contribution in [0, 0.1) is 6.92 Å². The maximum atomic E-state index is 13.5. The van der Waals surface area contributed by atoms with Gasteiger partial charge in [0.15, 0.2) is 5.65 Å². The summed E-state index contributed by atoms with van der Waals surface area (Å²) in [4.78, 5) is 23.0. The van der Waals surface area contributed by atoms with E-state index in [1.54, 1.807) is 30.9 Å². The van der Waals surface area contributed by atoms with Crippen molar-refractivity contribution >= 4 is 39.6 Å². The topological polar surface area (TPSA) is 104 Å². The van der Waals surface area contributed by atoms with E-state index in [-0.39, 0.29) is 17.3 Å². The quantitative estimate of drug-likeness (QED) is 0.399. The first-order valence-electron chi connectivity index (χ1n) is 10.7. The minimum atomic E-state index is -0.371. The van der Waals surface area contributed by atoms with Crippen molar-refractivity contribution in [1.29, 1.82) is 0 Å². The number of para-hydroxylation sites is 2. The van der Waals surface area contributed by atoms with Gasteiger partial charge in [0, 0.05) is 11.8 Å². The Balaban J connectivity index is 1.77. The molecule has 0 radical (unpaired) electrons.